The normalized spacial score (nSPS) is 28.8. The summed E-state index contributed by atoms with van der Waals surface area (Å²) in [7, 11) is 0. The summed E-state index contributed by atoms with van der Waals surface area (Å²) in [5.41, 5.74) is 0.258. The van der Waals surface area contributed by atoms with Gasteiger partial charge in [0.1, 0.15) is 30.4 Å². The summed E-state index contributed by atoms with van der Waals surface area (Å²) in [5.74, 6) is -2.97. The summed E-state index contributed by atoms with van der Waals surface area (Å²) in [6.07, 6.45) is 3.52. The van der Waals surface area contributed by atoms with Crippen molar-refractivity contribution in [2.75, 3.05) is 19.8 Å². The third-order valence-electron chi connectivity index (χ3n) is 7.71. The van der Waals surface area contributed by atoms with E-state index in [1.54, 1.807) is 22.6 Å². The number of amides is 2. The second kappa shape index (κ2) is 9.71. The number of aromatic nitrogens is 3. The zero-order valence-corrected chi connectivity index (χ0v) is 20.7. The molecule has 3 aliphatic rings. The van der Waals surface area contributed by atoms with E-state index in [0.717, 1.165) is 5.52 Å². The van der Waals surface area contributed by atoms with E-state index in [4.69, 9.17) is 9.47 Å². The molecule has 2 amide bonds. The Hall–Kier alpha value is -3.57. The lowest BCUT2D eigenvalue weighted by molar-refractivity contribution is -0.156. The first-order chi connectivity index (χ1) is 17.9. The maximum atomic E-state index is 14.3. The number of hydrogen-bond acceptors (Lipinski definition) is 8. The highest BCUT2D eigenvalue weighted by atomic mass is 16.6. The molecule has 2 bridgehead atoms. The minimum absolute atomic E-state index is 0.0219. The molecule has 0 radical (unpaired) electrons. The molecule has 196 valence electrons. The zero-order chi connectivity index (χ0) is 26.3. The molecule has 1 spiro atoms. The maximum absolute atomic E-state index is 14.3. The van der Waals surface area contributed by atoms with Crippen LogP contribution in [-0.2, 0) is 30.5 Å². The molecule has 1 aromatic heterocycles. The number of para-hydroxylation sites is 1. The van der Waals surface area contributed by atoms with E-state index in [-0.39, 0.29) is 38.2 Å². The van der Waals surface area contributed by atoms with Crippen molar-refractivity contribution >= 4 is 28.8 Å². The minimum Gasteiger partial charge on any atom is -0.461 e. The number of rotatable bonds is 10. The molecular formula is C26H31N5O6. The molecule has 1 aromatic carbocycles. The van der Waals surface area contributed by atoms with E-state index < -0.39 is 41.6 Å². The van der Waals surface area contributed by atoms with Crippen LogP contribution in [0.25, 0.3) is 11.0 Å². The van der Waals surface area contributed by atoms with Gasteiger partial charge in [-0.25, -0.2) is 4.68 Å². The van der Waals surface area contributed by atoms with Gasteiger partial charge in [-0.05, 0) is 31.9 Å². The molecule has 6 atom stereocenters. The lowest BCUT2D eigenvalue weighted by Crippen LogP contribution is -2.58. The zero-order valence-electron chi connectivity index (χ0n) is 20.7. The number of hydrogen-bond donors (Lipinski definition) is 1. The summed E-state index contributed by atoms with van der Waals surface area (Å²) in [5, 5.41) is 18.4. The smallest absolute Gasteiger partial charge is 0.312 e. The van der Waals surface area contributed by atoms with E-state index >= 15 is 0 Å². The number of carbonyl (C=O) groups is 3. The van der Waals surface area contributed by atoms with Gasteiger partial charge in [0.2, 0.25) is 11.8 Å². The first kappa shape index (κ1) is 25.1. The number of nitrogens with zero attached hydrogens (tertiary/aromatic N) is 5. The fourth-order valence-electron chi connectivity index (χ4n) is 6.17. The van der Waals surface area contributed by atoms with Crippen molar-refractivity contribution in [2.45, 2.75) is 50.2 Å². The van der Waals surface area contributed by atoms with Gasteiger partial charge < -0.3 is 24.4 Å². The second-order valence-corrected chi connectivity index (χ2v) is 9.82. The lowest BCUT2D eigenvalue weighted by atomic mass is 9.70. The number of ether oxygens (including phenoxy) is 2. The molecule has 0 aliphatic carbocycles. The molecule has 4 heterocycles. The Morgan fingerprint density at radius 2 is 2.14 bits per heavy atom. The quantitative estimate of drug-likeness (QED) is 0.370. The van der Waals surface area contributed by atoms with Crippen LogP contribution in [0.3, 0.4) is 0 Å². The molecule has 2 unspecified atom stereocenters. The fourth-order valence-corrected chi connectivity index (χ4v) is 6.17. The third-order valence-corrected chi connectivity index (χ3v) is 7.71. The Morgan fingerprint density at radius 1 is 1.35 bits per heavy atom. The van der Waals surface area contributed by atoms with Crippen molar-refractivity contribution in [3.8, 4) is 0 Å². The Labute approximate surface area is 214 Å². The average molecular weight is 510 g/mol. The van der Waals surface area contributed by atoms with Gasteiger partial charge in [0.05, 0.1) is 36.1 Å². The average Bonchev–Trinajstić information content (AvgIpc) is 3.65. The predicted molar refractivity (Wildman–Crippen MR) is 132 cm³/mol. The van der Waals surface area contributed by atoms with Gasteiger partial charge in [-0.15, -0.1) is 11.7 Å². The third kappa shape index (κ3) is 3.84. The summed E-state index contributed by atoms with van der Waals surface area (Å²) in [4.78, 5) is 44.0. The highest BCUT2D eigenvalue weighted by molar-refractivity contribution is 5.98. The van der Waals surface area contributed by atoms with Gasteiger partial charge in [0.25, 0.3) is 0 Å². The summed E-state index contributed by atoms with van der Waals surface area (Å²) < 4.78 is 13.3. The molecular weight excluding hydrogens is 478 g/mol. The largest absolute Gasteiger partial charge is 0.461 e. The Kier molecular flexibility index (Phi) is 6.59. The Bertz CT molecular complexity index is 1250. The van der Waals surface area contributed by atoms with E-state index in [0.29, 0.717) is 18.4 Å². The summed E-state index contributed by atoms with van der Waals surface area (Å²) in [6.45, 7) is 8.99. The van der Waals surface area contributed by atoms with E-state index in [1.165, 1.54) is 11.0 Å². The van der Waals surface area contributed by atoms with Gasteiger partial charge in [0, 0.05) is 6.54 Å². The van der Waals surface area contributed by atoms with Crippen molar-refractivity contribution in [1.82, 2.24) is 24.8 Å². The molecule has 3 aliphatic heterocycles. The SMILES string of the molecule is C=CCOC(=O)[C@@H]1[C@H]2C(=O)N([C@H](C)CO)C(C(=O)N(CC=C)Cn3nnc4ccccc43)C23CC[C@H]1O3. The van der Waals surface area contributed by atoms with Crippen LogP contribution in [0.5, 0.6) is 0 Å². The minimum atomic E-state index is -1.19. The summed E-state index contributed by atoms with van der Waals surface area (Å²) >= 11 is 0. The van der Waals surface area contributed by atoms with Gasteiger partial charge in [-0.1, -0.05) is 36.1 Å². The maximum Gasteiger partial charge on any atom is 0.312 e. The topological polar surface area (TPSA) is 127 Å². The van der Waals surface area contributed by atoms with Gasteiger partial charge in [-0.2, -0.15) is 0 Å². The predicted octanol–water partition coefficient (Wildman–Crippen LogP) is 0.888. The molecule has 37 heavy (non-hydrogen) atoms. The second-order valence-electron chi connectivity index (χ2n) is 9.82. The Balaban J connectivity index is 1.52. The highest BCUT2D eigenvalue weighted by Gasteiger charge is 2.75. The highest BCUT2D eigenvalue weighted by Crippen LogP contribution is 2.59. The number of benzene rings is 1. The molecule has 2 aromatic rings. The molecule has 1 N–H and O–H groups in total. The number of carbonyl (C=O) groups excluding carboxylic acids is 3. The van der Waals surface area contributed by atoms with Crippen LogP contribution in [0.4, 0.5) is 0 Å². The van der Waals surface area contributed by atoms with Crippen molar-refractivity contribution in [1.29, 1.82) is 0 Å². The molecule has 3 saturated heterocycles. The standard InChI is InChI=1S/C26H31N5O6/c1-4-12-29(15-30-18-9-7-6-8-17(18)27-28-30)24(34)22-26-11-10-19(37-26)20(25(35)36-13-5-2)21(26)23(33)31(22)16(3)14-32/h4-9,16,19-22,32H,1-2,10-15H2,3H3/t16-,19-,20+,21+,22?,26?/m1/s1. The molecule has 11 nitrogen and oxygen atoms in total. The summed E-state index contributed by atoms with van der Waals surface area (Å²) in [6, 6.07) is 5.73. The van der Waals surface area contributed by atoms with Crippen molar-refractivity contribution in [2.24, 2.45) is 11.8 Å². The first-order valence-electron chi connectivity index (χ1n) is 12.4. The first-order valence-corrected chi connectivity index (χ1v) is 12.4. The molecule has 3 fully saturated rings. The number of fused-ring (bicyclic) bond motifs is 2. The van der Waals surface area contributed by atoms with E-state index in [1.807, 2.05) is 24.3 Å². The number of aliphatic hydroxyl groups excluding tert-OH is 1. The van der Waals surface area contributed by atoms with Crippen LogP contribution in [0.15, 0.2) is 49.6 Å². The van der Waals surface area contributed by atoms with Crippen molar-refractivity contribution in [3.05, 3.63) is 49.6 Å². The number of aliphatic hydroxyl groups is 1. The van der Waals surface area contributed by atoms with E-state index in [2.05, 4.69) is 23.5 Å². The lowest BCUT2D eigenvalue weighted by Gasteiger charge is -2.38. The molecule has 0 saturated carbocycles. The number of likely N-dealkylation sites (tertiary alicyclic amines) is 1. The van der Waals surface area contributed by atoms with Crippen LogP contribution in [-0.4, -0.2) is 91.2 Å². The van der Waals surface area contributed by atoms with Crippen molar-refractivity contribution in [3.63, 3.8) is 0 Å². The monoisotopic (exact) mass is 509 g/mol. The van der Waals surface area contributed by atoms with Gasteiger partial charge in [-0.3, -0.25) is 14.4 Å². The number of esters is 1. The van der Waals surface area contributed by atoms with E-state index in [9.17, 15) is 19.5 Å². The van der Waals surface area contributed by atoms with Crippen LogP contribution in [0, 0.1) is 11.8 Å². The fraction of sp³-hybridized carbons (Fsp3) is 0.500. The van der Waals surface area contributed by atoms with Crippen LogP contribution < -0.4 is 0 Å². The van der Waals surface area contributed by atoms with Crippen LogP contribution in [0.2, 0.25) is 0 Å². The molecule has 5 rings (SSSR count). The van der Waals surface area contributed by atoms with Gasteiger partial charge >= 0.3 is 5.97 Å². The Morgan fingerprint density at radius 3 is 2.86 bits per heavy atom. The molecule has 11 heteroatoms. The van der Waals surface area contributed by atoms with Crippen LogP contribution in [0.1, 0.15) is 19.8 Å². The van der Waals surface area contributed by atoms with Crippen LogP contribution >= 0.6 is 0 Å². The van der Waals surface area contributed by atoms with Crippen molar-refractivity contribution < 1.29 is 29.0 Å². The van der Waals surface area contributed by atoms with Gasteiger partial charge in [0.15, 0.2) is 0 Å².